The van der Waals surface area contributed by atoms with Gasteiger partial charge in [0.1, 0.15) is 22.6 Å². The fourth-order valence-corrected chi connectivity index (χ4v) is 2.32. The number of benzene rings is 1. The van der Waals surface area contributed by atoms with Gasteiger partial charge in [-0.2, -0.15) is 0 Å². The number of ether oxygens (including phenoxy) is 2. The third-order valence-electron chi connectivity index (χ3n) is 3.55. The van der Waals surface area contributed by atoms with Crippen molar-refractivity contribution in [2.45, 2.75) is 40.5 Å². The van der Waals surface area contributed by atoms with E-state index in [2.05, 4.69) is 5.48 Å². The molecule has 0 aliphatic carbocycles. The second kappa shape index (κ2) is 12.3. The van der Waals surface area contributed by atoms with E-state index >= 15 is 0 Å². The summed E-state index contributed by atoms with van der Waals surface area (Å²) in [5.74, 6) is 1.31. The van der Waals surface area contributed by atoms with Crippen LogP contribution in [-0.2, 0) is 4.84 Å². The average molecular weight is 423 g/mol. The smallest absolute Gasteiger partial charge is 0.141 e. The molecule has 1 aromatic carbocycles. The zero-order valence-corrected chi connectivity index (χ0v) is 17.9. The summed E-state index contributed by atoms with van der Waals surface area (Å²) in [5.41, 5.74) is 6.07. The van der Waals surface area contributed by atoms with Crippen molar-refractivity contribution < 1.29 is 14.3 Å². The molecule has 0 spiro atoms. The summed E-state index contributed by atoms with van der Waals surface area (Å²) in [6, 6.07) is 3.58. The van der Waals surface area contributed by atoms with Gasteiger partial charge in [0.25, 0.3) is 0 Å². The van der Waals surface area contributed by atoms with Crippen LogP contribution in [0.1, 0.15) is 39.2 Å². The van der Waals surface area contributed by atoms with E-state index in [0.717, 1.165) is 24.1 Å². The second-order valence-corrected chi connectivity index (χ2v) is 7.40. The minimum absolute atomic E-state index is 0.169. The van der Waals surface area contributed by atoms with Crippen LogP contribution in [0.3, 0.4) is 0 Å². The zero-order chi connectivity index (χ0) is 19.5. The predicted molar refractivity (Wildman–Crippen MR) is 109 cm³/mol. The fourth-order valence-electron chi connectivity index (χ4n) is 1.88. The quantitative estimate of drug-likeness (QED) is 0.333. The number of halogens is 3. The zero-order valence-electron chi connectivity index (χ0n) is 15.6. The third kappa shape index (κ3) is 9.04. The van der Waals surface area contributed by atoms with Crippen molar-refractivity contribution in [2.24, 2.45) is 0 Å². The summed E-state index contributed by atoms with van der Waals surface area (Å²) in [5, 5.41) is 0.512. The summed E-state index contributed by atoms with van der Waals surface area (Å²) in [6.45, 7) is 9.43. The Bertz CT molecular complexity index is 614. The monoisotopic (exact) mass is 421 g/mol. The number of nitrogens with one attached hydrogen (secondary N) is 1. The number of unbranched alkanes of at least 4 members (excludes halogenated alkanes) is 1. The maximum Gasteiger partial charge on any atom is 0.141 e. The minimum Gasteiger partial charge on any atom is -0.492 e. The second-order valence-electron chi connectivity index (χ2n) is 5.99. The van der Waals surface area contributed by atoms with Crippen molar-refractivity contribution in [1.29, 1.82) is 0 Å². The lowest BCUT2D eigenvalue weighted by molar-refractivity contribution is 0.0575. The lowest BCUT2D eigenvalue weighted by Crippen LogP contribution is -2.14. The van der Waals surface area contributed by atoms with Gasteiger partial charge >= 0.3 is 0 Å². The molecule has 0 amide bonds. The molecule has 0 aromatic heterocycles. The van der Waals surface area contributed by atoms with Crippen molar-refractivity contribution in [3.8, 4) is 11.5 Å². The maximum absolute atomic E-state index is 6.29. The van der Waals surface area contributed by atoms with Crippen LogP contribution < -0.4 is 15.0 Å². The first-order chi connectivity index (χ1) is 12.3. The molecule has 0 unspecified atom stereocenters. The number of hydrogen-bond donors (Lipinski definition) is 1. The molecular formula is C19H26Cl3NO3. The Morgan fingerprint density at radius 1 is 1.08 bits per heavy atom. The molecule has 0 atom stereocenters. The van der Waals surface area contributed by atoms with Crippen LogP contribution in [0.15, 0.2) is 34.0 Å². The fraction of sp³-hybridized carbons (Fsp3) is 0.474. The van der Waals surface area contributed by atoms with Crippen LogP contribution in [0.2, 0.25) is 5.02 Å². The molecule has 146 valence electrons. The number of rotatable bonds is 11. The van der Waals surface area contributed by atoms with E-state index in [0.29, 0.717) is 29.7 Å². The summed E-state index contributed by atoms with van der Waals surface area (Å²) >= 11 is 17.4. The Morgan fingerprint density at radius 2 is 1.77 bits per heavy atom. The third-order valence-corrected chi connectivity index (χ3v) is 4.14. The summed E-state index contributed by atoms with van der Waals surface area (Å²) in [4.78, 5) is 5.40. The molecule has 0 saturated carbocycles. The molecule has 0 heterocycles. The molecule has 4 nitrogen and oxygen atoms in total. The van der Waals surface area contributed by atoms with Crippen molar-refractivity contribution in [3.63, 3.8) is 0 Å². The van der Waals surface area contributed by atoms with Gasteiger partial charge in [-0.25, -0.2) is 0 Å². The number of aryl methyl sites for hydroxylation is 1. The Morgan fingerprint density at radius 3 is 2.38 bits per heavy atom. The molecule has 0 aliphatic heterocycles. The molecule has 0 bridgehead atoms. The first-order valence-corrected chi connectivity index (χ1v) is 9.53. The van der Waals surface area contributed by atoms with Gasteiger partial charge in [0.15, 0.2) is 0 Å². The molecule has 1 N–H and O–H groups in total. The number of allylic oxidation sites excluding steroid dienone is 2. The molecule has 1 rings (SSSR count). The highest BCUT2D eigenvalue weighted by molar-refractivity contribution is 6.55. The van der Waals surface area contributed by atoms with E-state index in [1.54, 1.807) is 12.1 Å². The van der Waals surface area contributed by atoms with Crippen LogP contribution in [0, 0.1) is 6.92 Å². The van der Waals surface area contributed by atoms with Crippen LogP contribution in [0.5, 0.6) is 11.5 Å². The molecule has 7 heteroatoms. The molecular weight excluding hydrogens is 397 g/mol. The SMILES string of the molecule is CC(C)=C(C)NOCCCCOc1c(C)cc(OCC=C(Cl)Cl)cc1Cl. The Labute approximate surface area is 171 Å². The van der Waals surface area contributed by atoms with Crippen LogP contribution >= 0.6 is 34.8 Å². The van der Waals surface area contributed by atoms with Crippen molar-refractivity contribution in [1.82, 2.24) is 5.48 Å². The molecule has 0 fully saturated rings. The van der Waals surface area contributed by atoms with Gasteiger partial charge < -0.3 is 9.47 Å². The van der Waals surface area contributed by atoms with Gasteiger partial charge in [-0.05, 0) is 58.2 Å². The van der Waals surface area contributed by atoms with Gasteiger partial charge in [0.2, 0.25) is 0 Å². The molecule has 0 saturated heterocycles. The highest BCUT2D eigenvalue weighted by atomic mass is 35.5. The van der Waals surface area contributed by atoms with E-state index in [4.69, 9.17) is 49.1 Å². The largest absolute Gasteiger partial charge is 0.492 e. The first-order valence-electron chi connectivity index (χ1n) is 8.40. The predicted octanol–water partition coefficient (Wildman–Crippen LogP) is 6.34. The van der Waals surface area contributed by atoms with E-state index in [-0.39, 0.29) is 11.1 Å². The number of hydroxylamine groups is 1. The Hall–Kier alpha value is -1.07. The van der Waals surface area contributed by atoms with Crippen molar-refractivity contribution >= 4 is 34.8 Å². The lowest BCUT2D eigenvalue weighted by Gasteiger charge is -2.13. The minimum atomic E-state index is 0.169. The van der Waals surface area contributed by atoms with Gasteiger partial charge in [-0.3, -0.25) is 10.3 Å². The molecule has 0 radical (unpaired) electrons. The highest BCUT2D eigenvalue weighted by Gasteiger charge is 2.09. The van der Waals surface area contributed by atoms with Gasteiger partial charge in [0.05, 0.1) is 18.2 Å². The molecule has 1 aromatic rings. The summed E-state index contributed by atoms with van der Waals surface area (Å²) in [6.07, 6.45) is 3.31. The summed E-state index contributed by atoms with van der Waals surface area (Å²) < 4.78 is 11.5. The highest BCUT2D eigenvalue weighted by Crippen LogP contribution is 2.33. The van der Waals surface area contributed by atoms with Gasteiger partial charge in [0, 0.05) is 11.8 Å². The van der Waals surface area contributed by atoms with Gasteiger partial charge in [-0.1, -0.05) is 40.4 Å². The van der Waals surface area contributed by atoms with E-state index in [1.807, 2.05) is 33.8 Å². The van der Waals surface area contributed by atoms with Crippen LogP contribution in [0.4, 0.5) is 0 Å². The lowest BCUT2D eigenvalue weighted by atomic mass is 10.2. The summed E-state index contributed by atoms with van der Waals surface area (Å²) in [7, 11) is 0. The van der Waals surface area contributed by atoms with Gasteiger partial charge in [-0.15, -0.1) is 0 Å². The Balaban J connectivity index is 2.36. The first kappa shape index (κ1) is 23.0. The van der Waals surface area contributed by atoms with Crippen molar-refractivity contribution in [2.75, 3.05) is 19.8 Å². The van der Waals surface area contributed by atoms with E-state index in [9.17, 15) is 0 Å². The van der Waals surface area contributed by atoms with Crippen molar-refractivity contribution in [3.05, 3.63) is 44.6 Å². The van der Waals surface area contributed by atoms with E-state index < -0.39 is 0 Å². The molecule has 0 aliphatic rings. The van der Waals surface area contributed by atoms with Crippen LogP contribution in [0.25, 0.3) is 0 Å². The van der Waals surface area contributed by atoms with E-state index in [1.165, 1.54) is 5.57 Å². The average Bonchev–Trinajstić information content (AvgIpc) is 2.55. The normalized spacial score (nSPS) is 10.3. The standard InChI is InChI=1S/C19H26Cl3NO3/c1-13(2)15(4)23-26-9-6-5-8-25-19-14(3)11-16(12-17(19)20)24-10-7-18(21)22/h7,11-12,23H,5-6,8-10H2,1-4H3. The molecule has 26 heavy (non-hydrogen) atoms. The number of hydrogen-bond acceptors (Lipinski definition) is 4. The maximum atomic E-state index is 6.29. The topological polar surface area (TPSA) is 39.7 Å². The Kier molecular flexibility index (Phi) is 10.9. The van der Waals surface area contributed by atoms with Crippen LogP contribution in [-0.4, -0.2) is 19.8 Å².